The third kappa shape index (κ3) is 3.68. The van der Waals surface area contributed by atoms with Gasteiger partial charge in [0, 0.05) is 31.1 Å². The number of para-hydroxylation sites is 3. The van der Waals surface area contributed by atoms with Crippen LogP contribution in [0.5, 0.6) is 0 Å². The first-order valence-corrected chi connectivity index (χ1v) is 11.1. The summed E-state index contributed by atoms with van der Waals surface area (Å²) in [7, 11) is 0. The van der Waals surface area contributed by atoms with Gasteiger partial charge >= 0.3 is 0 Å². The Hall–Kier alpha value is -2.62. The lowest BCUT2D eigenvalue weighted by Gasteiger charge is -2.23. The Bertz CT molecular complexity index is 988. The van der Waals surface area contributed by atoms with Gasteiger partial charge in [0.25, 0.3) is 0 Å². The van der Waals surface area contributed by atoms with Crippen LogP contribution < -0.4 is 4.90 Å². The highest BCUT2D eigenvalue weighted by molar-refractivity contribution is 5.96. The Kier molecular flexibility index (Phi) is 5.09. The molecule has 2 aromatic carbocycles. The van der Waals surface area contributed by atoms with Crippen LogP contribution >= 0.6 is 0 Å². The van der Waals surface area contributed by atoms with E-state index in [-0.39, 0.29) is 11.8 Å². The van der Waals surface area contributed by atoms with E-state index < -0.39 is 0 Å². The first-order valence-electron chi connectivity index (χ1n) is 11.1. The molecule has 29 heavy (non-hydrogen) atoms. The van der Waals surface area contributed by atoms with Crippen molar-refractivity contribution < 1.29 is 4.79 Å². The van der Waals surface area contributed by atoms with Crippen LogP contribution in [0.1, 0.15) is 56.7 Å². The van der Waals surface area contributed by atoms with E-state index in [2.05, 4.69) is 28.8 Å². The molecule has 0 unspecified atom stereocenters. The van der Waals surface area contributed by atoms with Gasteiger partial charge in [0.1, 0.15) is 5.82 Å². The Morgan fingerprint density at radius 3 is 2.52 bits per heavy atom. The number of aromatic nitrogens is 2. The summed E-state index contributed by atoms with van der Waals surface area (Å²) >= 11 is 0. The molecule has 1 aromatic heterocycles. The number of anilines is 1. The molecule has 150 valence electrons. The topological polar surface area (TPSA) is 38.1 Å². The molecule has 0 N–H and O–H groups in total. The van der Waals surface area contributed by atoms with Gasteiger partial charge in [-0.15, -0.1) is 0 Å². The van der Waals surface area contributed by atoms with Crippen molar-refractivity contribution in [3.63, 3.8) is 0 Å². The van der Waals surface area contributed by atoms with E-state index in [1.165, 1.54) is 44.0 Å². The van der Waals surface area contributed by atoms with Gasteiger partial charge in [0.2, 0.25) is 5.91 Å². The molecule has 1 saturated carbocycles. The van der Waals surface area contributed by atoms with E-state index in [0.717, 1.165) is 36.0 Å². The summed E-state index contributed by atoms with van der Waals surface area (Å²) in [6, 6.07) is 18.5. The highest BCUT2D eigenvalue weighted by Gasteiger charge is 2.34. The largest absolute Gasteiger partial charge is 0.328 e. The number of imidazole rings is 1. The van der Waals surface area contributed by atoms with Gasteiger partial charge in [-0.1, -0.05) is 62.4 Å². The monoisotopic (exact) mass is 387 g/mol. The minimum atomic E-state index is 0.154. The van der Waals surface area contributed by atoms with Crippen LogP contribution in [-0.4, -0.2) is 22.0 Å². The smallest absolute Gasteiger partial charge is 0.227 e. The molecule has 0 radical (unpaired) electrons. The van der Waals surface area contributed by atoms with Gasteiger partial charge < -0.3 is 9.47 Å². The molecular weight excluding hydrogens is 358 g/mol. The molecule has 4 heteroatoms. The van der Waals surface area contributed by atoms with Crippen LogP contribution in [0.3, 0.4) is 0 Å². The first kappa shape index (κ1) is 18.4. The van der Waals surface area contributed by atoms with Gasteiger partial charge in [-0.2, -0.15) is 0 Å². The van der Waals surface area contributed by atoms with E-state index in [4.69, 9.17) is 4.98 Å². The molecule has 0 spiro atoms. The second-order valence-electron chi connectivity index (χ2n) is 8.64. The molecule has 1 saturated heterocycles. The van der Waals surface area contributed by atoms with Crippen LogP contribution in [0, 0.1) is 5.92 Å². The number of rotatable bonds is 5. The summed E-state index contributed by atoms with van der Waals surface area (Å²) in [5, 5.41) is 0. The molecule has 1 aliphatic carbocycles. The third-order valence-corrected chi connectivity index (χ3v) is 6.73. The fourth-order valence-corrected chi connectivity index (χ4v) is 5.17. The van der Waals surface area contributed by atoms with Crippen LogP contribution in [0.25, 0.3) is 11.0 Å². The molecular formula is C25H29N3O. The maximum Gasteiger partial charge on any atom is 0.227 e. The number of carbonyl (C=O) groups is 1. The number of aryl methyl sites for hydroxylation is 1. The van der Waals surface area contributed by atoms with Crippen LogP contribution in [0.15, 0.2) is 54.6 Å². The van der Waals surface area contributed by atoms with Crippen molar-refractivity contribution in [2.24, 2.45) is 5.92 Å². The lowest BCUT2D eigenvalue weighted by atomic mass is 9.87. The minimum absolute atomic E-state index is 0.154. The molecule has 2 fully saturated rings. The number of nitrogens with zero attached hydrogens (tertiary/aromatic N) is 3. The Morgan fingerprint density at radius 1 is 0.931 bits per heavy atom. The van der Waals surface area contributed by atoms with E-state index in [1.54, 1.807) is 0 Å². The number of amides is 1. The molecule has 2 aliphatic rings. The summed E-state index contributed by atoms with van der Waals surface area (Å²) in [5.41, 5.74) is 3.26. The molecule has 5 rings (SSSR count). The molecule has 3 aromatic rings. The third-order valence-electron chi connectivity index (χ3n) is 6.73. The van der Waals surface area contributed by atoms with Crippen molar-refractivity contribution in [2.75, 3.05) is 11.4 Å². The second-order valence-corrected chi connectivity index (χ2v) is 8.64. The van der Waals surface area contributed by atoms with Gasteiger partial charge in [-0.05, 0) is 36.6 Å². The highest BCUT2D eigenvalue weighted by Crippen LogP contribution is 2.34. The van der Waals surface area contributed by atoms with Crippen molar-refractivity contribution in [2.45, 2.75) is 57.4 Å². The molecule has 2 heterocycles. The summed E-state index contributed by atoms with van der Waals surface area (Å²) in [4.78, 5) is 19.7. The Labute approximate surface area is 172 Å². The fraction of sp³-hybridized carbons (Fsp3) is 0.440. The van der Waals surface area contributed by atoms with Crippen LogP contribution in [-0.2, 0) is 11.3 Å². The van der Waals surface area contributed by atoms with Crippen molar-refractivity contribution in [3.8, 4) is 0 Å². The highest BCUT2D eigenvalue weighted by atomic mass is 16.2. The average Bonchev–Trinajstić information content (AvgIpc) is 3.34. The number of carbonyl (C=O) groups excluding carboxylic acids is 1. The SMILES string of the molecule is O=C1C[C@@H](c2nc3ccccc3n2CCC2CCCCC2)CN1c1ccccc1. The molecule has 0 bridgehead atoms. The van der Waals surface area contributed by atoms with E-state index in [1.807, 2.05) is 35.2 Å². The minimum Gasteiger partial charge on any atom is -0.328 e. The maximum atomic E-state index is 12.8. The summed E-state index contributed by atoms with van der Waals surface area (Å²) in [6.45, 7) is 1.73. The fourth-order valence-electron chi connectivity index (χ4n) is 5.17. The number of hydrogen-bond donors (Lipinski definition) is 0. The van der Waals surface area contributed by atoms with E-state index in [0.29, 0.717) is 6.42 Å². The van der Waals surface area contributed by atoms with Gasteiger partial charge in [0.05, 0.1) is 11.0 Å². The normalized spacial score (nSPS) is 20.6. The predicted molar refractivity (Wildman–Crippen MR) is 117 cm³/mol. The maximum absolute atomic E-state index is 12.8. The zero-order valence-corrected chi connectivity index (χ0v) is 17.0. The standard InChI is InChI=1S/C25H29N3O/c29-24-17-20(18-28(24)21-11-5-2-6-12-21)25-26-22-13-7-8-14-23(22)27(25)16-15-19-9-3-1-4-10-19/h2,5-8,11-14,19-20H,1,3-4,9-10,15-18H2/t20-/m1/s1. The van der Waals surface area contributed by atoms with Crippen LogP contribution in [0.4, 0.5) is 5.69 Å². The Balaban J connectivity index is 1.42. The first-order chi connectivity index (χ1) is 14.3. The second kappa shape index (κ2) is 8.02. The molecule has 1 atom stereocenters. The van der Waals surface area contributed by atoms with Crippen molar-refractivity contribution in [1.29, 1.82) is 0 Å². The van der Waals surface area contributed by atoms with Crippen molar-refractivity contribution >= 4 is 22.6 Å². The average molecular weight is 388 g/mol. The summed E-state index contributed by atoms with van der Waals surface area (Å²) in [6.07, 6.45) is 8.65. The van der Waals surface area contributed by atoms with Gasteiger partial charge in [-0.25, -0.2) is 4.98 Å². The Morgan fingerprint density at radius 2 is 1.69 bits per heavy atom. The summed E-state index contributed by atoms with van der Waals surface area (Å²) < 4.78 is 2.41. The predicted octanol–water partition coefficient (Wildman–Crippen LogP) is 5.53. The molecule has 1 amide bonds. The van der Waals surface area contributed by atoms with E-state index in [9.17, 15) is 4.79 Å². The van der Waals surface area contributed by atoms with Crippen LogP contribution in [0.2, 0.25) is 0 Å². The zero-order valence-electron chi connectivity index (χ0n) is 17.0. The van der Waals surface area contributed by atoms with Gasteiger partial charge in [-0.3, -0.25) is 4.79 Å². The quantitative estimate of drug-likeness (QED) is 0.577. The lowest BCUT2D eigenvalue weighted by molar-refractivity contribution is -0.117. The van der Waals surface area contributed by atoms with E-state index >= 15 is 0 Å². The lowest BCUT2D eigenvalue weighted by Crippen LogP contribution is -2.24. The number of fused-ring (bicyclic) bond motifs is 1. The zero-order chi connectivity index (χ0) is 19.6. The van der Waals surface area contributed by atoms with Crippen molar-refractivity contribution in [3.05, 3.63) is 60.4 Å². The van der Waals surface area contributed by atoms with Crippen molar-refractivity contribution in [1.82, 2.24) is 9.55 Å². The number of hydrogen-bond acceptors (Lipinski definition) is 2. The molecule has 4 nitrogen and oxygen atoms in total. The van der Waals surface area contributed by atoms with Gasteiger partial charge in [0.15, 0.2) is 0 Å². The number of benzene rings is 2. The summed E-state index contributed by atoms with van der Waals surface area (Å²) in [5.74, 6) is 2.28. The molecule has 1 aliphatic heterocycles.